The van der Waals surface area contributed by atoms with Crippen molar-refractivity contribution in [2.24, 2.45) is 0 Å². The number of aromatic nitrogens is 1. The van der Waals surface area contributed by atoms with Crippen molar-refractivity contribution in [2.45, 2.75) is 0 Å². The Balaban J connectivity index is 2.26. The van der Waals surface area contributed by atoms with Crippen molar-refractivity contribution in [2.75, 3.05) is 18.2 Å². The molecule has 0 amide bonds. The van der Waals surface area contributed by atoms with Crippen LogP contribution in [0.25, 0.3) is 0 Å². The average molecular weight is 233 g/mol. The normalized spacial score (nSPS) is 10.0. The fraction of sp³-hybridized carbons (Fsp3) is 0.0833. The van der Waals surface area contributed by atoms with E-state index in [0.29, 0.717) is 17.3 Å². The average Bonchev–Trinajstić information content (AvgIpc) is 2.34. The zero-order valence-electron chi connectivity index (χ0n) is 9.27. The summed E-state index contributed by atoms with van der Waals surface area (Å²) in [5.41, 5.74) is 6.90. The maximum absolute atomic E-state index is 13.0. The largest absolute Gasteiger partial charge is 0.494 e. The molecule has 2 rings (SSSR count). The highest BCUT2D eigenvalue weighted by atomic mass is 19.1. The lowest BCUT2D eigenvalue weighted by Crippen LogP contribution is -1.96. The highest BCUT2D eigenvalue weighted by Crippen LogP contribution is 2.28. The molecule has 0 atom stereocenters. The minimum absolute atomic E-state index is 0.345. The molecule has 0 spiro atoms. The minimum atomic E-state index is -0.345. The van der Waals surface area contributed by atoms with Crippen LogP contribution in [-0.4, -0.2) is 12.1 Å². The van der Waals surface area contributed by atoms with Crippen LogP contribution >= 0.6 is 0 Å². The molecule has 0 saturated carbocycles. The molecule has 17 heavy (non-hydrogen) atoms. The van der Waals surface area contributed by atoms with Crippen molar-refractivity contribution in [1.29, 1.82) is 0 Å². The molecule has 3 N–H and O–H groups in total. The Morgan fingerprint density at radius 2 is 2.12 bits per heavy atom. The van der Waals surface area contributed by atoms with Gasteiger partial charge < -0.3 is 15.8 Å². The van der Waals surface area contributed by atoms with Crippen LogP contribution in [0.3, 0.4) is 0 Å². The van der Waals surface area contributed by atoms with Gasteiger partial charge in [-0.25, -0.2) is 9.37 Å². The van der Waals surface area contributed by atoms with Gasteiger partial charge in [-0.2, -0.15) is 0 Å². The number of pyridine rings is 1. The Labute approximate surface area is 98.2 Å². The van der Waals surface area contributed by atoms with Gasteiger partial charge in [-0.15, -0.1) is 0 Å². The van der Waals surface area contributed by atoms with E-state index in [-0.39, 0.29) is 5.82 Å². The fourth-order valence-electron chi connectivity index (χ4n) is 1.40. The molecule has 0 radical (unpaired) electrons. The molecule has 0 aliphatic rings. The topological polar surface area (TPSA) is 60.2 Å². The van der Waals surface area contributed by atoms with Crippen LogP contribution < -0.4 is 15.8 Å². The lowest BCUT2D eigenvalue weighted by molar-refractivity contribution is 0.413. The second kappa shape index (κ2) is 4.69. The first-order chi connectivity index (χ1) is 8.19. The number of nitrogens with zero attached hydrogens (tertiary/aromatic N) is 1. The molecule has 0 fully saturated rings. The summed E-state index contributed by atoms with van der Waals surface area (Å²) in [6, 6.07) is 7.73. The highest BCUT2D eigenvalue weighted by molar-refractivity contribution is 5.66. The van der Waals surface area contributed by atoms with Crippen LogP contribution in [0.4, 0.5) is 21.6 Å². The Morgan fingerprint density at radius 3 is 2.76 bits per heavy atom. The number of benzene rings is 1. The molecule has 5 heteroatoms. The molecule has 1 aromatic heterocycles. The molecule has 1 heterocycles. The third-order valence-corrected chi connectivity index (χ3v) is 2.23. The number of ether oxygens (including phenoxy) is 1. The van der Waals surface area contributed by atoms with E-state index in [1.54, 1.807) is 24.4 Å². The summed E-state index contributed by atoms with van der Waals surface area (Å²) in [6.07, 6.45) is 1.60. The number of hydrogen-bond acceptors (Lipinski definition) is 4. The van der Waals surface area contributed by atoms with Gasteiger partial charge >= 0.3 is 0 Å². The second-order valence-electron chi connectivity index (χ2n) is 3.44. The van der Waals surface area contributed by atoms with Gasteiger partial charge in [0.2, 0.25) is 0 Å². The monoisotopic (exact) mass is 233 g/mol. The van der Waals surface area contributed by atoms with Crippen LogP contribution in [0.2, 0.25) is 0 Å². The van der Waals surface area contributed by atoms with E-state index in [0.717, 1.165) is 5.69 Å². The number of nitrogen functional groups attached to an aromatic ring is 1. The van der Waals surface area contributed by atoms with E-state index >= 15 is 0 Å². The molecule has 88 valence electrons. The number of nitrogens with two attached hydrogens (primary N) is 1. The third-order valence-electron chi connectivity index (χ3n) is 2.23. The number of rotatable bonds is 3. The van der Waals surface area contributed by atoms with Crippen LogP contribution in [0, 0.1) is 5.82 Å². The van der Waals surface area contributed by atoms with Crippen LogP contribution in [-0.2, 0) is 0 Å². The summed E-state index contributed by atoms with van der Waals surface area (Å²) in [6.45, 7) is 0. The Bertz CT molecular complexity index is 514. The van der Waals surface area contributed by atoms with Gasteiger partial charge in [-0.05, 0) is 24.3 Å². The molecular formula is C12H12FN3O. The summed E-state index contributed by atoms with van der Waals surface area (Å²) in [4.78, 5) is 3.95. The number of halogens is 1. The number of nitrogens with one attached hydrogen (secondary N) is 1. The van der Waals surface area contributed by atoms with Crippen molar-refractivity contribution in [3.05, 3.63) is 42.3 Å². The Kier molecular flexibility index (Phi) is 3.09. The molecule has 2 aromatic rings. The first kappa shape index (κ1) is 11.2. The van der Waals surface area contributed by atoms with Crippen LogP contribution in [0.5, 0.6) is 5.75 Å². The van der Waals surface area contributed by atoms with Gasteiger partial charge in [0.25, 0.3) is 0 Å². The highest BCUT2D eigenvalue weighted by Gasteiger charge is 2.04. The van der Waals surface area contributed by atoms with E-state index < -0.39 is 0 Å². The molecule has 0 aliphatic carbocycles. The summed E-state index contributed by atoms with van der Waals surface area (Å²) >= 11 is 0. The van der Waals surface area contributed by atoms with Gasteiger partial charge in [0.05, 0.1) is 24.7 Å². The number of hydrogen-bond donors (Lipinski definition) is 2. The molecule has 1 aromatic carbocycles. The smallest absolute Gasteiger partial charge is 0.145 e. The zero-order valence-corrected chi connectivity index (χ0v) is 9.27. The van der Waals surface area contributed by atoms with E-state index in [2.05, 4.69) is 10.3 Å². The van der Waals surface area contributed by atoms with Gasteiger partial charge in [-0.3, -0.25) is 0 Å². The van der Waals surface area contributed by atoms with Gasteiger partial charge in [0.1, 0.15) is 17.4 Å². The molecule has 0 saturated heterocycles. The number of methoxy groups -OCH3 is 1. The van der Waals surface area contributed by atoms with E-state index in [9.17, 15) is 4.39 Å². The van der Waals surface area contributed by atoms with Gasteiger partial charge in [0, 0.05) is 6.07 Å². The van der Waals surface area contributed by atoms with E-state index in [1.165, 1.54) is 19.2 Å². The Morgan fingerprint density at radius 1 is 1.29 bits per heavy atom. The lowest BCUT2D eigenvalue weighted by Gasteiger charge is -2.10. The van der Waals surface area contributed by atoms with Crippen molar-refractivity contribution < 1.29 is 9.13 Å². The lowest BCUT2D eigenvalue weighted by atomic mass is 10.2. The van der Waals surface area contributed by atoms with Crippen molar-refractivity contribution in [3.8, 4) is 5.75 Å². The fourth-order valence-corrected chi connectivity index (χ4v) is 1.40. The number of anilines is 3. The second-order valence-corrected chi connectivity index (χ2v) is 3.44. The van der Waals surface area contributed by atoms with E-state index in [4.69, 9.17) is 10.5 Å². The van der Waals surface area contributed by atoms with Crippen LogP contribution in [0.15, 0.2) is 36.5 Å². The first-order valence-electron chi connectivity index (χ1n) is 5.01. The van der Waals surface area contributed by atoms with Crippen LogP contribution in [0.1, 0.15) is 0 Å². The zero-order chi connectivity index (χ0) is 12.3. The predicted octanol–water partition coefficient (Wildman–Crippen LogP) is 2.56. The maximum atomic E-state index is 13.0. The quantitative estimate of drug-likeness (QED) is 0.855. The summed E-state index contributed by atoms with van der Waals surface area (Å²) in [5, 5.41) is 3.07. The molecule has 0 bridgehead atoms. The first-order valence-corrected chi connectivity index (χ1v) is 5.01. The summed E-state index contributed by atoms with van der Waals surface area (Å²) in [5.74, 6) is 0.534. The standard InChI is InChI=1S/C12H12FN3O/c1-17-11-6-8(13)2-4-10(11)16-9-3-5-12(14)15-7-9/h2-7,16H,1H3,(H2,14,15). The minimum Gasteiger partial charge on any atom is -0.494 e. The maximum Gasteiger partial charge on any atom is 0.145 e. The Hall–Kier alpha value is -2.30. The summed E-state index contributed by atoms with van der Waals surface area (Å²) in [7, 11) is 1.49. The molecule has 0 unspecified atom stereocenters. The van der Waals surface area contributed by atoms with Crippen molar-refractivity contribution in [3.63, 3.8) is 0 Å². The van der Waals surface area contributed by atoms with Crippen molar-refractivity contribution in [1.82, 2.24) is 4.98 Å². The molecule has 0 aliphatic heterocycles. The summed E-state index contributed by atoms with van der Waals surface area (Å²) < 4.78 is 18.1. The molecular weight excluding hydrogens is 221 g/mol. The van der Waals surface area contributed by atoms with E-state index in [1.807, 2.05) is 0 Å². The van der Waals surface area contributed by atoms with Crippen molar-refractivity contribution >= 4 is 17.2 Å². The van der Waals surface area contributed by atoms with Gasteiger partial charge in [-0.1, -0.05) is 0 Å². The van der Waals surface area contributed by atoms with Gasteiger partial charge in [0.15, 0.2) is 0 Å². The predicted molar refractivity (Wildman–Crippen MR) is 64.9 cm³/mol. The SMILES string of the molecule is COc1cc(F)ccc1Nc1ccc(N)nc1. The molecule has 4 nitrogen and oxygen atoms in total. The third kappa shape index (κ3) is 2.63.